The molecule has 0 aliphatic heterocycles. The largest absolute Gasteiger partial charge is 0.464 e. The maximum atomic E-state index is 10.5. The number of hydrogen-bond donors (Lipinski definition) is 0. The lowest BCUT2D eigenvalue weighted by Crippen LogP contribution is -2.11. The van der Waals surface area contributed by atoms with Gasteiger partial charge in [0, 0.05) is 11.1 Å². The summed E-state index contributed by atoms with van der Waals surface area (Å²) in [5.74, 6) is -0.292. The average Bonchev–Trinajstić information content (AvgIpc) is 2.29. The molecule has 0 saturated carbocycles. The highest BCUT2D eigenvalue weighted by atomic mass is 79.9. The molecule has 0 radical (unpaired) electrons. The molecule has 0 saturated heterocycles. The summed E-state index contributed by atoms with van der Waals surface area (Å²) in [7, 11) is 0. The Morgan fingerprint density at radius 2 is 1.81 bits per heavy atom. The van der Waals surface area contributed by atoms with Gasteiger partial charge in [0.25, 0.3) is 0 Å². The summed E-state index contributed by atoms with van der Waals surface area (Å²) in [6.45, 7) is 4.65. The standard InChI is InChI=1S/C6H5Br.C6H12O3/c7-6-4-2-1-3-5-6;1-3-8-5-6(7)9-4-2/h1-5H;3-5H2,1-2H3. The molecule has 16 heavy (non-hydrogen) atoms. The van der Waals surface area contributed by atoms with Crippen molar-refractivity contribution >= 4 is 21.9 Å². The Bertz CT molecular complexity index is 275. The summed E-state index contributed by atoms with van der Waals surface area (Å²) in [5.41, 5.74) is 0. The number of esters is 1. The molecule has 1 aromatic carbocycles. The van der Waals surface area contributed by atoms with Crippen LogP contribution in [0.1, 0.15) is 13.8 Å². The summed E-state index contributed by atoms with van der Waals surface area (Å²) in [5, 5.41) is 0. The van der Waals surface area contributed by atoms with E-state index in [4.69, 9.17) is 4.74 Å². The molecule has 4 heteroatoms. The fraction of sp³-hybridized carbons (Fsp3) is 0.417. The highest BCUT2D eigenvalue weighted by Gasteiger charge is 1.97. The molecule has 0 amide bonds. The molecule has 0 aliphatic carbocycles. The van der Waals surface area contributed by atoms with E-state index in [1.54, 1.807) is 6.92 Å². The summed E-state index contributed by atoms with van der Waals surface area (Å²) >= 11 is 3.31. The van der Waals surface area contributed by atoms with Gasteiger partial charge in [0.2, 0.25) is 0 Å². The maximum absolute atomic E-state index is 10.5. The minimum absolute atomic E-state index is 0.0737. The van der Waals surface area contributed by atoms with Crippen molar-refractivity contribution in [2.24, 2.45) is 0 Å². The SMILES string of the molecule is Brc1ccccc1.CCOCC(=O)OCC. The van der Waals surface area contributed by atoms with Gasteiger partial charge in [-0.3, -0.25) is 0 Å². The third-order valence-corrected chi connectivity index (χ3v) is 1.99. The van der Waals surface area contributed by atoms with Crippen molar-refractivity contribution in [2.75, 3.05) is 19.8 Å². The van der Waals surface area contributed by atoms with Crippen LogP contribution < -0.4 is 0 Å². The van der Waals surface area contributed by atoms with E-state index in [1.165, 1.54) is 0 Å². The average molecular weight is 289 g/mol. The minimum Gasteiger partial charge on any atom is -0.464 e. The van der Waals surface area contributed by atoms with Crippen molar-refractivity contribution in [1.29, 1.82) is 0 Å². The van der Waals surface area contributed by atoms with Gasteiger partial charge in [0.15, 0.2) is 0 Å². The lowest BCUT2D eigenvalue weighted by Gasteiger charge is -1.99. The minimum atomic E-state index is -0.292. The molecule has 0 aliphatic rings. The molecular weight excluding hydrogens is 272 g/mol. The van der Waals surface area contributed by atoms with Crippen LogP contribution in [0, 0.1) is 0 Å². The van der Waals surface area contributed by atoms with Crippen molar-refractivity contribution in [3.05, 3.63) is 34.8 Å². The third-order valence-electron chi connectivity index (χ3n) is 1.46. The molecule has 0 aromatic heterocycles. The Morgan fingerprint density at radius 1 is 1.19 bits per heavy atom. The van der Waals surface area contributed by atoms with Gasteiger partial charge >= 0.3 is 5.97 Å². The fourth-order valence-electron chi connectivity index (χ4n) is 0.803. The Balaban J connectivity index is 0.000000288. The summed E-state index contributed by atoms with van der Waals surface area (Å²) in [6, 6.07) is 9.97. The number of ether oxygens (including phenoxy) is 2. The normalized spacial score (nSPS) is 8.94. The zero-order valence-corrected chi connectivity index (χ0v) is 11.2. The van der Waals surface area contributed by atoms with E-state index < -0.39 is 0 Å². The monoisotopic (exact) mass is 288 g/mol. The Hall–Kier alpha value is -0.870. The second-order valence-corrected chi connectivity index (χ2v) is 3.65. The van der Waals surface area contributed by atoms with Crippen LogP contribution in [-0.2, 0) is 14.3 Å². The van der Waals surface area contributed by atoms with Crippen LogP contribution in [0.15, 0.2) is 34.8 Å². The molecule has 0 unspecified atom stereocenters. The van der Waals surface area contributed by atoms with Gasteiger partial charge in [-0.05, 0) is 26.0 Å². The van der Waals surface area contributed by atoms with Crippen LogP contribution in [0.2, 0.25) is 0 Å². The van der Waals surface area contributed by atoms with Crippen LogP contribution in [-0.4, -0.2) is 25.8 Å². The number of hydrogen-bond acceptors (Lipinski definition) is 3. The predicted octanol–water partition coefficient (Wildman–Crippen LogP) is 3.04. The van der Waals surface area contributed by atoms with Crippen molar-refractivity contribution in [3.8, 4) is 0 Å². The van der Waals surface area contributed by atoms with Crippen LogP contribution in [0.5, 0.6) is 0 Å². The van der Waals surface area contributed by atoms with Crippen LogP contribution >= 0.6 is 15.9 Å². The van der Waals surface area contributed by atoms with Gasteiger partial charge in [-0.15, -0.1) is 0 Å². The number of carbonyl (C=O) groups excluding carboxylic acids is 1. The highest BCUT2D eigenvalue weighted by molar-refractivity contribution is 9.10. The zero-order chi connectivity index (χ0) is 12.2. The number of benzene rings is 1. The second-order valence-electron chi connectivity index (χ2n) is 2.74. The maximum Gasteiger partial charge on any atom is 0.332 e. The highest BCUT2D eigenvalue weighted by Crippen LogP contribution is 2.05. The lowest BCUT2D eigenvalue weighted by atomic mass is 10.4. The molecular formula is C12H17BrO3. The first-order chi connectivity index (χ1) is 7.70. The second kappa shape index (κ2) is 10.6. The van der Waals surface area contributed by atoms with Crippen molar-refractivity contribution in [3.63, 3.8) is 0 Å². The molecule has 0 heterocycles. The number of halogens is 1. The molecule has 90 valence electrons. The number of carbonyl (C=O) groups is 1. The van der Waals surface area contributed by atoms with Gasteiger partial charge in [0.05, 0.1) is 6.61 Å². The quantitative estimate of drug-likeness (QED) is 0.799. The van der Waals surface area contributed by atoms with E-state index in [-0.39, 0.29) is 12.6 Å². The predicted molar refractivity (Wildman–Crippen MR) is 67.3 cm³/mol. The van der Waals surface area contributed by atoms with Crippen LogP contribution in [0.25, 0.3) is 0 Å². The Kier molecular flexibility index (Phi) is 10.1. The van der Waals surface area contributed by atoms with E-state index in [2.05, 4.69) is 20.7 Å². The van der Waals surface area contributed by atoms with Gasteiger partial charge in [-0.25, -0.2) is 4.79 Å². The van der Waals surface area contributed by atoms with Gasteiger partial charge in [0.1, 0.15) is 6.61 Å². The Morgan fingerprint density at radius 3 is 2.19 bits per heavy atom. The van der Waals surface area contributed by atoms with E-state index in [9.17, 15) is 4.79 Å². The number of rotatable bonds is 4. The van der Waals surface area contributed by atoms with Gasteiger partial charge < -0.3 is 9.47 Å². The molecule has 0 N–H and O–H groups in total. The topological polar surface area (TPSA) is 35.5 Å². The van der Waals surface area contributed by atoms with E-state index in [1.807, 2.05) is 37.3 Å². The van der Waals surface area contributed by atoms with Gasteiger partial charge in [-0.1, -0.05) is 34.1 Å². The van der Waals surface area contributed by atoms with Gasteiger partial charge in [-0.2, -0.15) is 0 Å². The molecule has 0 atom stereocenters. The smallest absolute Gasteiger partial charge is 0.332 e. The van der Waals surface area contributed by atoms with E-state index in [0.717, 1.165) is 4.47 Å². The Labute approximate surface area is 105 Å². The van der Waals surface area contributed by atoms with Crippen LogP contribution in [0.3, 0.4) is 0 Å². The molecule has 1 rings (SSSR count). The summed E-state index contributed by atoms with van der Waals surface area (Å²) < 4.78 is 10.5. The molecule has 0 spiro atoms. The van der Waals surface area contributed by atoms with Crippen molar-refractivity contribution in [2.45, 2.75) is 13.8 Å². The molecule has 1 aromatic rings. The summed E-state index contributed by atoms with van der Waals surface area (Å²) in [6.07, 6.45) is 0. The van der Waals surface area contributed by atoms with Crippen molar-refractivity contribution in [1.82, 2.24) is 0 Å². The zero-order valence-electron chi connectivity index (χ0n) is 9.61. The van der Waals surface area contributed by atoms with Crippen molar-refractivity contribution < 1.29 is 14.3 Å². The lowest BCUT2D eigenvalue weighted by molar-refractivity contribution is -0.148. The fourth-order valence-corrected chi connectivity index (χ4v) is 1.11. The van der Waals surface area contributed by atoms with E-state index >= 15 is 0 Å². The van der Waals surface area contributed by atoms with E-state index in [0.29, 0.717) is 13.2 Å². The first kappa shape index (κ1) is 15.1. The first-order valence-corrected chi connectivity index (χ1v) is 5.93. The van der Waals surface area contributed by atoms with Crippen LogP contribution in [0.4, 0.5) is 0 Å². The molecule has 0 fully saturated rings. The molecule has 3 nitrogen and oxygen atoms in total. The first-order valence-electron chi connectivity index (χ1n) is 5.14. The third kappa shape index (κ3) is 9.68. The summed E-state index contributed by atoms with van der Waals surface area (Å²) in [4.78, 5) is 10.5. The molecule has 0 bridgehead atoms.